The van der Waals surface area contributed by atoms with Gasteiger partial charge in [0.25, 0.3) is 0 Å². The van der Waals surface area contributed by atoms with Crippen LogP contribution >= 0.6 is 36.2 Å². The van der Waals surface area contributed by atoms with Crippen LogP contribution in [0, 0.1) is 11.2 Å². The molecule has 0 radical (unpaired) electrons. The molecule has 2 unspecified atom stereocenters. The molecule has 2 aromatic rings. The van der Waals surface area contributed by atoms with Crippen LogP contribution < -0.4 is 10.6 Å². The van der Waals surface area contributed by atoms with Gasteiger partial charge in [0.1, 0.15) is 11.6 Å². The summed E-state index contributed by atoms with van der Waals surface area (Å²) < 4.78 is 19.5. The van der Waals surface area contributed by atoms with Crippen molar-refractivity contribution in [1.29, 1.82) is 0 Å². The molecule has 1 saturated heterocycles. The van der Waals surface area contributed by atoms with Gasteiger partial charge >= 0.3 is 5.97 Å². The lowest BCUT2D eigenvalue weighted by Gasteiger charge is -2.39. The highest BCUT2D eigenvalue weighted by molar-refractivity contribution is 7.13. The van der Waals surface area contributed by atoms with Crippen LogP contribution in [0.4, 0.5) is 15.3 Å². The van der Waals surface area contributed by atoms with E-state index in [1.165, 1.54) is 24.5 Å². The lowest BCUT2D eigenvalue weighted by molar-refractivity contribution is -0.155. The number of carbonyl (C=O) groups excluding carboxylic acids is 1. The average molecular weight is 451 g/mol. The van der Waals surface area contributed by atoms with E-state index in [0.29, 0.717) is 30.3 Å². The van der Waals surface area contributed by atoms with Crippen LogP contribution in [0.1, 0.15) is 31.9 Å². The van der Waals surface area contributed by atoms with E-state index < -0.39 is 11.2 Å². The molecule has 2 aromatic heterocycles. The normalized spacial score (nSPS) is 21.2. The lowest BCUT2D eigenvalue weighted by Crippen LogP contribution is -2.49. The van der Waals surface area contributed by atoms with E-state index in [-0.39, 0.29) is 48.9 Å². The lowest BCUT2D eigenvalue weighted by atomic mass is 9.72. The number of hydrogen-bond acceptors (Lipinski definition) is 7. The number of piperidine rings is 1. The molecule has 156 valence electrons. The van der Waals surface area contributed by atoms with E-state index in [9.17, 15) is 9.18 Å². The second kappa shape index (κ2) is 10.9. The van der Waals surface area contributed by atoms with Crippen LogP contribution in [0.2, 0.25) is 0 Å². The van der Waals surface area contributed by atoms with Crippen LogP contribution in [0.3, 0.4) is 0 Å². The molecule has 0 aromatic carbocycles. The molecule has 1 aliphatic heterocycles. The molecule has 10 heteroatoms. The Morgan fingerprint density at radius 2 is 2.25 bits per heavy atom. The molecule has 3 heterocycles. The van der Waals surface area contributed by atoms with Gasteiger partial charge in [-0.25, -0.2) is 14.4 Å². The summed E-state index contributed by atoms with van der Waals surface area (Å²) >= 11 is 1.44. The minimum Gasteiger partial charge on any atom is -0.469 e. The smallest absolute Gasteiger partial charge is 0.312 e. The Morgan fingerprint density at radius 1 is 1.46 bits per heavy atom. The third-order valence-corrected chi connectivity index (χ3v) is 5.57. The number of nitrogens with zero attached hydrogens (tertiary/aromatic N) is 2. The average Bonchev–Trinajstić information content (AvgIpc) is 3.17. The van der Waals surface area contributed by atoms with E-state index in [1.807, 2.05) is 5.38 Å². The molecule has 3 rings (SSSR count). The van der Waals surface area contributed by atoms with Gasteiger partial charge in [0.2, 0.25) is 0 Å². The summed E-state index contributed by atoms with van der Waals surface area (Å²) in [6.45, 7) is 2.77. The predicted octanol–water partition coefficient (Wildman–Crippen LogP) is 4.13. The SMILES string of the molecule is CCC1CC(Cc2nc(Nc3nccs3)ccc2F)(C(=O)OC)CCN1.Cl.Cl. The number of pyridine rings is 1. The first-order valence-corrected chi connectivity index (χ1v) is 9.58. The van der Waals surface area contributed by atoms with E-state index in [4.69, 9.17) is 4.74 Å². The van der Waals surface area contributed by atoms with Crippen molar-refractivity contribution in [1.82, 2.24) is 15.3 Å². The van der Waals surface area contributed by atoms with Crippen LogP contribution in [-0.2, 0) is 16.0 Å². The van der Waals surface area contributed by atoms with Crippen LogP contribution in [0.15, 0.2) is 23.7 Å². The Morgan fingerprint density at radius 3 is 2.89 bits per heavy atom. The first kappa shape index (κ1) is 24.6. The molecular weight excluding hydrogens is 426 g/mol. The zero-order valence-electron chi connectivity index (χ0n) is 15.7. The van der Waals surface area contributed by atoms with Gasteiger partial charge in [-0.15, -0.1) is 36.2 Å². The predicted molar refractivity (Wildman–Crippen MR) is 114 cm³/mol. The van der Waals surface area contributed by atoms with Gasteiger partial charge in [-0.05, 0) is 37.9 Å². The fraction of sp³-hybridized carbons (Fsp3) is 0.500. The number of esters is 1. The summed E-state index contributed by atoms with van der Waals surface area (Å²) in [5, 5.41) is 9.00. The second-order valence-electron chi connectivity index (χ2n) is 6.55. The zero-order chi connectivity index (χ0) is 18.6. The van der Waals surface area contributed by atoms with Gasteiger partial charge in [-0.3, -0.25) is 4.79 Å². The van der Waals surface area contributed by atoms with Crippen molar-refractivity contribution in [2.45, 2.75) is 38.6 Å². The Hall–Kier alpha value is -1.48. The van der Waals surface area contributed by atoms with Crippen molar-refractivity contribution in [2.75, 3.05) is 19.0 Å². The number of hydrogen-bond donors (Lipinski definition) is 2. The molecule has 2 atom stereocenters. The van der Waals surface area contributed by atoms with Gasteiger partial charge in [-0.2, -0.15) is 0 Å². The van der Waals surface area contributed by atoms with Gasteiger partial charge in [0, 0.05) is 24.0 Å². The van der Waals surface area contributed by atoms with Crippen molar-refractivity contribution in [2.24, 2.45) is 5.41 Å². The first-order valence-electron chi connectivity index (χ1n) is 8.70. The molecule has 1 aliphatic rings. The number of anilines is 2. The highest BCUT2D eigenvalue weighted by Gasteiger charge is 2.44. The molecule has 1 fully saturated rings. The van der Waals surface area contributed by atoms with Gasteiger partial charge in [0.15, 0.2) is 5.13 Å². The molecule has 6 nitrogen and oxygen atoms in total. The number of halogens is 3. The number of ether oxygens (including phenoxy) is 1. The summed E-state index contributed by atoms with van der Waals surface area (Å²) in [4.78, 5) is 21.1. The highest BCUT2D eigenvalue weighted by Crippen LogP contribution is 2.37. The topological polar surface area (TPSA) is 76.1 Å². The molecule has 0 amide bonds. The Balaban J connectivity index is 0.00000196. The molecular formula is C18H25Cl2FN4O2S. The van der Waals surface area contributed by atoms with E-state index in [0.717, 1.165) is 6.42 Å². The molecule has 0 aliphatic carbocycles. The fourth-order valence-corrected chi connectivity index (χ4v) is 4.01. The number of carbonyl (C=O) groups is 1. The molecule has 0 spiro atoms. The summed E-state index contributed by atoms with van der Waals surface area (Å²) in [6, 6.07) is 3.16. The fourth-order valence-electron chi connectivity index (χ4n) is 3.48. The van der Waals surface area contributed by atoms with E-state index in [1.54, 1.807) is 12.3 Å². The van der Waals surface area contributed by atoms with Crippen molar-refractivity contribution < 1.29 is 13.9 Å². The maximum absolute atomic E-state index is 14.4. The van der Waals surface area contributed by atoms with Crippen molar-refractivity contribution >= 4 is 53.1 Å². The minimum atomic E-state index is -0.756. The van der Waals surface area contributed by atoms with Crippen LogP contribution in [0.5, 0.6) is 0 Å². The van der Waals surface area contributed by atoms with Crippen molar-refractivity contribution in [3.8, 4) is 0 Å². The monoisotopic (exact) mass is 450 g/mol. The van der Waals surface area contributed by atoms with Crippen LogP contribution in [0.25, 0.3) is 0 Å². The number of nitrogens with one attached hydrogen (secondary N) is 2. The minimum absolute atomic E-state index is 0. The quantitative estimate of drug-likeness (QED) is 0.644. The molecule has 0 bridgehead atoms. The number of methoxy groups -OCH3 is 1. The molecule has 2 N–H and O–H groups in total. The molecule has 0 saturated carbocycles. The van der Waals surface area contributed by atoms with Crippen molar-refractivity contribution in [3.05, 3.63) is 35.2 Å². The zero-order valence-corrected chi connectivity index (χ0v) is 18.2. The van der Waals surface area contributed by atoms with Gasteiger partial charge < -0.3 is 15.4 Å². The van der Waals surface area contributed by atoms with Crippen molar-refractivity contribution in [3.63, 3.8) is 0 Å². The third kappa shape index (κ3) is 5.53. The Bertz CT molecular complexity index is 766. The third-order valence-electron chi connectivity index (χ3n) is 4.88. The number of aromatic nitrogens is 2. The second-order valence-corrected chi connectivity index (χ2v) is 7.44. The Labute approximate surface area is 180 Å². The van der Waals surface area contributed by atoms with E-state index in [2.05, 4.69) is 27.5 Å². The standard InChI is InChI=1S/C18H23FN4O2S.2ClH/c1-3-12-10-18(6-7-20-12,16(24)25-2)11-14-13(19)4-5-15(22-14)23-17-21-8-9-26-17;;/h4-5,8-9,12,20H,3,6-7,10-11H2,1-2H3,(H,21,22,23);2*1H. The van der Waals surface area contributed by atoms with Gasteiger partial charge in [-0.1, -0.05) is 6.92 Å². The maximum Gasteiger partial charge on any atom is 0.312 e. The maximum atomic E-state index is 14.4. The highest BCUT2D eigenvalue weighted by atomic mass is 35.5. The summed E-state index contributed by atoms with van der Waals surface area (Å²) in [5.41, 5.74) is -0.484. The molecule has 28 heavy (non-hydrogen) atoms. The summed E-state index contributed by atoms with van der Waals surface area (Å²) in [5.74, 6) is -0.196. The number of rotatable bonds is 6. The summed E-state index contributed by atoms with van der Waals surface area (Å²) in [6.07, 6.45) is 4.02. The largest absolute Gasteiger partial charge is 0.469 e. The first-order chi connectivity index (χ1) is 12.6. The summed E-state index contributed by atoms with van der Waals surface area (Å²) in [7, 11) is 1.39. The van der Waals surface area contributed by atoms with Gasteiger partial charge in [0.05, 0.1) is 18.2 Å². The van der Waals surface area contributed by atoms with Crippen LogP contribution in [-0.4, -0.2) is 35.6 Å². The number of thiazole rings is 1. The Kier molecular flexibility index (Phi) is 9.56. The van der Waals surface area contributed by atoms with E-state index >= 15 is 0 Å².